The summed E-state index contributed by atoms with van der Waals surface area (Å²) >= 11 is 5.88. The van der Waals surface area contributed by atoms with E-state index in [2.05, 4.69) is 15.2 Å². The average Bonchev–Trinajstić information content (AvgIpc) is 2.74. The molecule has 0 bridgehead atoms. The summed E-state index contributed by atoms with van der Waals surface area (Å²) in [5, 5.41) is 8.22. The standard InChI is InChI=1S/C7H6ClN5.C2H6/c8-6-3-5(9)4-10-7(6)13-11-1-2-12-13;1-2/h1-4H,9H2;1-2H3. The number of pyridine rings is 1. The van der Waals surface area contributed by atoms with Crippen molar-refractivity contribution in [2.45, 2.75) is 13.8 Å². The fourth-order valence-corrected chi connectivity index (χ4v) is 1.17. The lowest BCUT2D eigenvalue weighted by molar-refractivity contribution is 0.730. The van der Waals surface area contributed by atoms with Gasteiger partial charge in [-0.1, -0.05) is 25.4 Å². The molecule has 0 saturated carbocycles. The van der Waals surface area contributed by atoms with E-state index in [4.69, 9.17) is 17.3 Å². The highest BCUT2D eigenvalue weighted by molar-refractivity contribution is 6.32. The van der Waals surface area contributed by atoms with E-state index in [1.54, 1.807) is 18.5 Å². The molecule has 0 aliphatic heterocycles. The fraction of sp³-hybridized carbons (Fsp3) is 0.222. The normalized spacial score (nSPS) is 9.27. The zero-order valence-corrected chi connectivity index (χ0v) is 9.31. The van der Waals surface area contributed by atoms with E-state index in [0.717, 1.165) is 0 Å². The van der Waals surface area contributed by atoms with Crippen LogP contribution in [0.5, 0.6) is 0 Å². The Bertz CT molecular complexity index is 412. The summed E-state index contributed by atoms with van der Waals surface area (Å²) in [6.07, 6.45) is 4.60. The molecule has 0 aliphatic carbocycles. The third-order valence-corrected chi connectivity index (χ3v) is 1.73. The molecule has 0 aliphatic rings. The van der Waals surface area contributed by atoms with Crippen LogP contribution in [0.2, 0.25) is 5.02 Å². The fourth-order valence-electron chi connectivity index (χ4n) is 0.918. The predicted octanol–water partition coefficient (Wildman–Crippen LogP) is 1.92. The SMILES string of the molecule is CC.Nc1cnc(-n2nccn2)c(Cl)c1. The van der Waals surface area contributed by atoms with Crippen LogP contribution in [0.25, 0.3) is 5.82 Å². The van der Waals surface area contributed by atoms with Crippen molar-refractivity contribution in [3.8, 4) is 5.82 Å². The minimum Gasteiger partial charge on any atom is -0.397 e. The second-order valence-electron chi connectivity index (χ2n) is 2.39. The molecule has 0 fully saturated rings. The summed E-state index contributed by atoms with van der Waals surface area (Å²) in [6, 6.07) is 1.60. The van der Waals surface area contributed by atoms with Crippen LogP contribution < -0.4 is 5.73 Å². The van der Waals surface area contributed by atoms with Crippen molar-refractivity contribution in [3.05, 3.63) is 29.7 Å². The minimum atomic E-state index is 0.427. The van der Waals surface area contributed by atoms with Crippen LogP contribution in [-0.4, -0.2) is 20.0 Å². The van der Waals surface area contributed by atoms with Crippen LogP contribution in [0.4, 0.5) is 5.69 Å². The molecule has 0 radical (unpaired) electrons. The molecule has 0 saturated heterocycles. The van der Waals surface area contributed by atoms with Gasteiger partial charge in [0, 0.05) is 0 Å². The molecule has 0 amide bonds. The monoisotopic (exact) mass is 225 g/mol. The van der Waals surface area contributed by atoms with Gasteiger partial charge in [-0.2, -0.15) is 10.2 Å². The highest BCUT2D eigenvalue weighted by Crippen LogP contribution is 2.18. The molecule has 2 heterocycles. The van der Waals surface area contributed by atoms with Gasteiger partial charge in [0.05, 0.1) is 29.3 Å². The lowest BCUT2D eigenvalue weighted by Crippen LogP contribution is -2.02. The quantitative estimate of drug-likeness (QED) is 0.805. The van der Waals surface area contributed by atoms with Crippen molar-refractivity contribution >= 4 is 17.3 Å². The maximum atomic E-state index is 5.88. The second-order valence-corrected chi connectivity index (χ2v) is 2.80. The summed E-state index contributed by atoms with van der Waals surface area (Å²) in [6.45, 7) is 4.00. The van der Waals surface area contributed by atoms with Gasteiger partial charge in [-0.05, 0) is 6.07 Å². The van der Waals surface area contributed by atoms with Gasteiger partial charge in [0.1, 0.15) is 0 Å². The molecule has 5 nitrogen and oxygen atoms in total. The van der Waals surface area contributed by atoms with E-state index in [9.17, 15) is 0 Å². The molecule has 0 unspecified atom stereocenters. The lowest BCUT2D eigenvalue weighted by Gasteiger charge is -2.01. The van der Waals surface area contributed by atoms with Gasteiger partial charge in [-0.3, -0.25) is 0 Å². The summed E-state index contributed by atoms with van der Waals surface area (Å²) in [5.41, 5.74) is 6.00. The highest BCUT2D eigenvalue weighted by atomic mass is 35.5. The van der Waals surface area contributed by atoms with Crippen molar-refractivity contribution in [1.29, 1.82) is 0 Å². The molecular formula is C9H12ClN5. The van der Waals surface area contributed by atoms with E-state index in [1.165, 1.54) is 11.0 Å². The Hall–Kier alpha value is -1.62. The Morgan fingerprint density at radius 3 is 2.40 bits per heavy atom. The molecule has 0 atom stereocenters. The Kier molecular flexibility index (Phi) is 4.05. The number of aromatic nitrogens is 4. The van der Waals surface area contributed by atoms with Gasteiger partial charge in [-0.25, -0.2) is 4.98 Å². The van der Waals surface area contributed by atoms with E-state index < -0.39 is 0 Å². The number of halogens is 1. The van der Waals surface area contributed by atoms with Gasteiger partial charge < -0.3 is 5.73 Å². The van der Waals surface area contributed by atoms with Crippen molar-refractivity contribution in [1.82, 2.24) is 20.0 Å². The van der Waals surface area contributed by atoms with Gasteiger partial charge in [0.25, 0.3) is 0 Å². The van der Waals surface area contributed by atoms with E-state index in [-0.39, 0.29) is 0 Å². The number of nitrogens with two attached hydrogens (primary N) is 1. The number of nitrogen functional groups attached to an aromatic ring is 1. The van der Waals surface area contributed by atoms with Crippen LogP contribution in [0.3, 0.4) is 0 Å². The number of anilines is 1. The average molecular weight is 226 g/mol. The van der Waals surface area contributed by atoms with E-state index in [1.807, 2.05) is 13.8 Å². The largest absolute Gasteiger partial charge is 0.397 e. The Balaban J connectivity index is 0.000000531. The van der Waals surface area contributed by atoms with Gasteiger partial charge in [0.2, 0.25) is 0 Å². The first kappa shape index (κ1) is 11.5. The number of hydrogen-bond acceptors (Lipinski definition) is 4. The molecule has 15 heavy (non-hydrogen) atoms. The second kappa shape index (κ2) is 5.31. The van der Waals surface area contributed by atoms with Crippen molar-refractivity contribution in [2.24, 2.45) is 0 Å². The number of nitrogens with zero attached hydrogens (tertiary/aromatic N) is 4. The first-order chi connectivity index (χ1) is 7.27. The summed E-state index contributed by atoms with van der Waals surface area (Å²) in [5.74, 6) is 0.473. The van der Waals surface area contributed by atoms with Crippen LogP contribution in [0.15, 0.2) is 24.7 Å². The zero-order chi connectivity index (χ0) is 11.3. The Morgan fingerprint density at radius 1 is 1.27 bits per heavy atom. The van der Waals surface area contributed by atoms with Crippen molar-refractivity contribution in [2.75, 3.05) is 5.73 Å². The molecule has 2 aromatic heterocycles. The van der Waals surface area contributed by atoms with Crippen molar-refractivity contribution in [3.63, 3.8) is 0 Å². The topological polar surface area (TPSA) is 69.6 Å². The van der Waals surface area contributed by atoms with Crippen LogP contribution >= 0.6 is 11.6 Å². The maximum absolute atomic E-state index is 5.88. The minimum absolute atomic E-state index is 0.427. The third-order valence-electron chi connectivity index (χ3n) is 1.45. The first-order valence-electron chi connectivity index (χ1n) is 4.55. The number of rotatable bonds is 1. The van der Waals surface area contributed by atoms with Gasteiger partial charge >= 0.3 is 0 Å². The summed E-state index contributed by atoms with van der Waals surface area (Å²) in [4.78, 5) is 5.34. The number of hydrogen-bond donors (Lipinski definition) is 1. The predicted molar refractivity (Wildman–Crippen MR) is 59.9 cm³/mol. The Labute approximate surface area is 92.9 Å². The van der Waals surface area contributed by atoms with Gasteiger partial charge in [-0.15, -0.1) is 4.80 Å². The molecule has 2 aromatic rings. The van der Waals surface area contributed by atoms with Crippen LogP contribution in [0.1, 0.15) is 13.8 Å². The highest BCUT2D eigenvalue weighted by Gasteiger charge is 2.05. The van der Waals surface area contributed by atoms with Crippen LogP contribution in [0, 0.1) is 0 Å². The maximum Gasteiger partial charge on any atom is 0.193 e. The summed E-state index contributed by atoms with van der Waals surface area (Å²) in [7, 11) is 0. The van der Waals surface area contributed by atoms with Gasteiger partial charge in [0.15, 0.2) is 5.82 Å². The molecule has 2 N–H and O–H groups in total. The molecule has 80 valence electrons. The van der Waals surface area contributed by atoms with Crippen molar-refractivity contribution < 1.29 is 0 Å². The van der Waals surface area contributed by atoms with Crippen LogP contribution in [-0.2, 0) is 0 Å². The summed E-state index contributed by atoms with van der Waals surface area (Å²) < 4.78 is 0. The molecule has 6 heteroatoms. The molecule has 2 rings (SSSR count). The van der Waals surface area contributed by atoms with E-state index >= 15 is 0 Å². The Morgan fingerprint density at radius 2 is 1.87 bits per heavy atom. The van der Waals surface area contributed by atoms with E-state index in [0.29, 0.717) is 16.5 Å². The third kappa shape index (κ3) is 2.66. The molecule has 0 aromatic carbocycles. The first-order valence-corrected chi connectivity index (χ1v) is 4.93. The zero-order valence-electron chi connectivity index (χ0n) is 8.55. The smallest absolute Gasteiger partial charge is 0.193 e. The molecule has 0 spiro atoms. The lowest BCUT2D eigenvalue weighted by atomic mass is 10.4. The molecular weight excluding hydrogens is 214 g/mol.